The molecule has 3 nitrogen and oxygen atoms in total. The average Bonchev–Trinajstić information content (AvgIpc) is 2.52. The molecule has 0 fully saturated rings. The van der Waals surface area contributed by atoms with Gasteiger partial charge >= 0.3 is 5.97 Å². The van der Waals surface area contributed by atoms with Crippen molar-refractivity contribution >= 4 is 5.97 Å². The number of hydrogen-bond donors (Lipinski definition) is 0. The monoisotopic (exact) mass is 354 g/mol. The summed E-state index contributed by atoms with van der Waals surface area (Å²) in [7, 11) is 1.70. The van der Waals surface area contributed by atoms with Gasteiger partial charge in [0.05, 0.1) is 7.11 Å². The molecule has 0 spiro atoms. The van der Waals surface area contributed by atoms with Crippen molar-refractivity contribution in [1.82, 2.24) is 0 Å². The molecule has 0 unspecified atom stereocenters. The van der Waals surface area contributed by atoms with Crippen LogP contribution in [-0.2, 0) is 15.6 Å². The lowest BCUT2D eigenvalue weighted by atomic mass is 9.82. The summed E-state index contributed by atoms with van der Waals surface area (Å²) < 4.78 is 11.0. The third kappa shape index (κ3) is 4.46. The van der Waals surface area contributed by atoms with Crippen molar-refractivity contribution in [2.24, 2.45) is 0 Å². The Morgan fingerprint density at radius 2 is 1.19 bits per heavy atom. The highest BCUT2D eigenvalue weighted by atomic mass is 16.5. The fourth-order valence-electron chi connectivity index (χ4n) is 3.01. The van der Waals surface area contributed by atoms with Gasteiger partial charge < -0.3 is 9.47 Å². The van der Waals surface area contributed by atoms with Crippen molar-refractivity contribution in [2.45, 2.75) is 59.3 Å². The minimum atomic E-state index is -0.303. The second-order valence-electron chi connectivity index (χ2n) is 8.72. The zero-order valence-corrected chi connectivity index (χ0v) is 17.2. The number of carbonyl (C=O) groups is 1. The molecule has 26 heavy (non-hydrogen) atoms. The Morgan fingerprint density at radius 3 is 1.58 bits per heavy atom. The van der Waals surface area contributed by atoms with E-state index in [0.29, 0.717) is 5.75 Å². The number of rotatable bonds is 3. The highest BCUT2D eigenvalue weighted by Crippen LogP contribution is 2.38. The topological polar surface area (TPSA) is 35.5 Å². The van der Waals surface area contributed by atoms with Gasteiger partial charge in [0.1, 0.15) is 11.5 Å². The molecular weight excluding hydrogens is 324 g/mol. The summed E-state index contributed by atoms with van der Waals surface area (Å²) in [6.45, 7) is 14.3. The van der Waals surface area contributed by atoms with Crippen molar-refractivity contribution in [3.63, 3.8) is 0 Å². The minimum Gasteiger partial charge on any atom is -0.496 e. The van der Waals surface area contributed by atoms with Crippen LogP contribution < -0.4 is 9.47 Å². The zero-order valence-electron chi connectivity index (χ0n) is 17.2. The molecule has 0 radical (unpaired) electrons. The van der Waals surface area contributed by atoms with Crippen LogP contribution >= 0.6 is 0 Å². The first-order chi connectivity index (χ1) is 11.9. The summed E-state index contributed by atoms with van der Waals surface area (Å²) in [5, 5.41) is 0. The van der Waals surface area contributed by atoms with Crippen molar-refractivity contribution < 1.29 is 14.3 Å². The van der Waals surface area contributed by atoms with E-state index in [1.165, 1.54) is 12.5 Å². The Hall–Kier alpha value is -2.29. The maximum atomic E-state index is 11.4. The Morgan fingerprint density at radius 1 is 0.769 bits per heavy atom. The molecule has 3 heteroatoms. The number of hydrogen-bond acceptors (Lipinski definition) is 3. The maximum absolute atomic E-state index is 11.4. The van der Waals surface area contributed by atoms with E-state index in [9.17, 15) is 4.79 Å². The quantitative estimate of drug-likeness (QED) is 0.510. The Labute approximate surface area is 157 Å². The van der Waals surface area contributed by atoms with E-state index in [1.54, 1.807) is 7.11 Å². The summed E-state index contributed by atoms with van der Waals surface area (Å²) in [6.07, 6.45) is 0. The van der Waals surface area contributed by atoms with Gasteiger partial charge in [-0.1, -0.05) is 53.7 Å². The highest BCUT2D eigenvalue weighted by molar-refractivity contribution is 5.73. The van der Waals surface area contributed by atoms with Crippen LogP contribution in [-0.4, -0.2) is 13.1 Å². The predicted molar refractivity (Wildman–Crippen MR) is 107 cm³/mol. The highest BCUT2D eigenvalue weighted by Gasteiger charge is 2.23. The third-order valence-corrected chi connectivity index (χ3v) is 4.38. The van der Waals surface area contributed by atoms with Crippen molar-refractivity contribution in [2.75, 3.05) is 7.11 Å². The SMILES string of the molecule is COc1ccc(-c2ccc(OC(C)=O)c(C(C)(C)C)c2)cc1C(C)(C)C. The molecule has 0 aromatic heterocycles. The van der Waals surface area contributed by atoms with E-state index in [2.05, 4.69) is 59.7 Å². The molecule has 0 bridgehead atoms. The molecule has 0 amide bonds. The molecule has 0 saturated carbocycles. The van der Waals surface area contributed by atoms with Crippen LogP contribution in [0.1, 0.15) is 59.6 Å². The standard InChI is InChI=1S/C23H30O3/c1-15(24)26-21-12-10-17(14-19(21)23(5,6)7)16-9-11-20(25-8)18(13-16)22(2,3)4/h9-14H,1-8H3. The molecule has 0 N–H and O–H groups in total. The molecule has 0 aliphatic heterocycles. The number of carbonyl (C=O) groups excluding carboxylic acids is 1. The van der Waals surface area contributed by atoms with Gasteiger partial charge in [-0.2, -0.15) is 0 Å². The predicted octanol–water partition coefficient (Wildman–Crippen LogP) is 5.88. The number of methoxy groups -OCH3 is 1. The fourth-order valence-corrected chi connectivity index (χ4v) is 3.01. The molecule has 0 heterocycles. The number of benzene rings is 2. The van der Waals surface area contributed by atoms with Gasteiger partial charge in [0.25, 0.3) is 0 Å². The van der Waals surface area contributed by atoms with Gasteiger partial charge in [0.2, 0.25) is 0 Å². The summed E-state index contributed by atoms with van der Waals surface area (Å²) in [4.78, 5) is 11.4. The van der Waals surface area contributed by atoms with Gasteiger partial charge in [-0.3, -0.25) is 4.79 Å². The fraction of sp³-hybridized carbons (Fsp3) is 0.435. The summed E-state index contributed by atoms with van der Waals surface area (Å²) >= 11 is 0. The van der Waals surface area contributed by atoms with Crippen LogP contribution in [0, 0.1) is 0 Å². The molecule has 0 aliphatic rings. The van der Waals surface area contributed by atoms with E-state index in [4.69, 9.17) is 9.47 Å². The lowest BCUT2D eigenvalue weighted by Crippen LogP contribution is -2.15. The number of esters is 1. The first-order valence-corrected chi connectivity index (χ1v) is 8.95. The first-order valence-electron chi connectivity index (χ1n) is 8.95. The Kier molecular flexibility index (Phi) is 5.50. The van der Waals surface area contributed by atoms with Crippen molar-refractivity contribution in [3.05, 3.63) is 47.5 Å². The molecule has 2 rings (SSSR count). The van der Waals surface area contributed by atoms with Gasteiger partial charge in [0.15, 0.2) is 0 Å². The van der Waals surface area contributed by atoms with Crippen LogP contribution in [0.15, 0.2) is 36.4 Å². The zero-order chi connectivity index (χ0) is 19.7. The molecule has 140 valence electrons. The van der Waals surface area contributed by atoms with Crippen LogP contribution in [0.2, 0.25) is 0 Å². The third-order valence-electron chi connectivity index (χ3n) is 4.38. The lowest BCUT2D eigenvalue weighted by Gasteiger charge is -2.25. The van der Waals surface area contributed by atoms with E-state index in [-0.39, 0.29) is 16.8 Å². The molecule has 0 aliphatic carbocycles. The van der Waals surface area contributed by atoms with E-state index in [1.807, 2.05) is 18.2 Å². The molecule has 0 atom stereocenters. The van der Waals surface area contributed by atoms with Gasteiger partial charge in [-0.25, -0.2) is 0 Å². The maximum Gasteiger partial charge on any atom is 0.308 e. The van der Waals surface area contributed by atoms with Crippen LogP contribution in [0.5, 0.6) is 11.5 Å². The largest absolute Gasteiger partial charge is 0.496 e. The van der Waals surface area contributed by atoms with Crippen molar-refractivity contribution in [1.29, 1.82) is 0 Å². The summed E-state index contributed by atoms with van der Waals surface area (Å²) in [5.41, 5.74) is 4.23. The molecule has 2 aromatic carbocycles. The summed E-state index contributed by atoms with van der Waals surface area (Å²) in [6, 6.07) is 12.3. The van der Waals surface area contributed by atoms with E-state index >= 15 is 0 Å². The second-order valence-corrected chi connectivity index (χ2v) is 8.72. The molecule has 2 aromatic rings. The van der Waals surface area contributed by atoms with Gasteiger partial charge in [-0.05, 0) is 46.2 Å². The van der Waals surface area contributed by atoms with E-state index < -0.39 is 0 Å². The smallest absolute Gasteiger partial charge is 0.308 e. The van der Waals surface area contributed by atoms with Crippen LogP contribution in [0.3, 0.4) is 0 Å². The lowest BCUT2D eigenvalue weighted by molar-refractivity contribution is -0.131. The summed E-state index contributed by atoms with van der Waals surface area (Å²) in [5.74, 6) is 1.22. The van der Waals surface area contributed by atoms with Crippen LogP contribution in [0.4, 0.5) is 0 Å². The normalized spacial score (nSPS) is 12.0. The minimum absolute atomic E-state index is 0.0219. The Bertz CT molecular complexity index is 805. The van der Waals surface area contributed by atoms with Crippen molar-refractivity contribution in [3.8, 4) is 22.6 Å². The second kappa shape index (κ2) is 7.14. The van der Waals surface area contributed by atoms with Crippen LogP contribution in [0.25, 0.3) is 11.1 Å². The number of ether oxygens (including phenoxy) is 2. The average molecular weight is 354 g/mol. The Balaban J connectivity index is 2.61. The molecule has 0 saturated heterocycles. The molecular formula is C23H30O3. The van der Waals surface area contributed by atoms with E-state index in [0.717, 1.165) is 22.4 Å². The first kappa shape index (κ1) is 20.0. The van der Waals surface area contributed by atoms with Gasteiger partial charge in [-0.15, -0.1) is 0 Å². The van der Waals surface area contributed by atoms with Gasteiger partial charge in [0, 0.05) is 18.1 Å².